The van der Waals surface area contributed by atoms with Gasteiger partial charge in [-0.15, -0.1) is 0 Å². The van der Waals surface area contributed by atoms with Gasteiger partial charge in [0.15, 0.2) is 0 Å². The van der Waals surface area contributed by atoms with Crippen molar-refractivity contribution in [3.8, 4) is 0 Å². The highest BCUT2D eigenvalue weighted by atomic mass is 16.5. The van der Waals surface area contributed by atoms with Gasteiger partial charge in [0.2, 0.25) is 0 Å². The molecule has 9 heavy (non-hydrogen) atoms. The van der Waals surface area contributed by atoms with Gasteiger partial charge in [-0.25, -0.2) is 0 Å². The summed E-state index contributed by atoms with van der Waals surface area (Å²) in [7, 11) is 1.65. The number of hydrogen-bond donors (Lipinski definition) is 0. The quantitative estimate of drug-likeness (QED) is 0.510. The minimum absolute atomic E-state index is 0.587. The lowest BCUT2D eigenvalue weighted by Gasteiger charge is -1.99. The van der Waals surface area contributed by atoms with Crippen LogP contribution in [-0.2, 0) is 9.47 Å². The average molecular weight is 131 g/mol. The van der Waals surface area contributed by atoms with Gasteiger partial charge in [0.05, 0.1) is 6.61 Å². The molecule has 0 aromatic carbocycles. The first kappa shape index (κ1) is 8.92. The molecular formula is C7H15O2. The van der Waals surface area contributed by atoms with Crippen molar-refractivity contribution in [2.24, 2.45) is 0 Å². The van der Waals surface area contributed by atoms with Crippen molar-refractivity contribution in [1.82, 2.24) is 0 Å². The highest BCUT2D eigenvalue weighted by Crippen LogP contribution is 1.89. The molecule has 1 radical (unpaired) electrons. The number of hydrogen-bond acceptors (Lipinski definition) is 2. The highest BCUT2D eigenvalue weighted by molar-refractivity contribution is 4.45. The maximum Gasteiger partial charge on any atom is 0.109 e. The molecule has 0 aromatic rings. The minimum atomic E-state index is 0.587. The summed E-state index contributed by atoms with van der Waals surface area (Å²) in [5.74, 6) is 0. The SMILES string of the molecule is CCCCO[CH]COC. The first-order valence-electron chi connectivity index (χ1n) is 3.34. The molecule has 0 atom stereocenters. The molecular weight excluding hydrogens is 116 g/mol. The van der Waals surface area contributed by atoms with Crippen LogP contribution in [0, 0.1) is 6.61 Å². The summed E-state index contributed by atoms with van der Waals surface area (Å²) in [6.07, 6.45) is 2.31. The first-order chi connectivity index (χ1) is 4.41. The summed E-state index contributed by atoms with van der Waals surface area (Å²) >= 11 is 0. The molecule has 0 saturated carbocycles. The number of ether oxygens (including phenoxy) is 2. The molecule has 0 spiro atoms. The van der Waals surface area contributed by atoms with Crippen molar-refractivity contribution in [3.63, 3.8) is 0 Å². The minimum Gasteiger partial charge on any atom is -0.382 e. The average Bonchev–Trinajstić information content (AvgIpc) is 1.89. The Bertz CT molecular complexity index is 40.2. The van der Waals surface area contributed by atoms with E-state index in [-0.39, 0.29) is 0 Å². The van der Waals surface area contributed by atoms with Crippen LogP contribution in [0.25, 0.3) is 0 Å². The van der Waals surface area contributed by atoms with E-state index in [2.05, 4.69) is 6.92 Å². The van der Waals surface area contributed by atoms with Crippen LogP contribution >= 0.6 is 0 Å². The van der Waals surface area contributed by atoms with Gasteiger partial charge in [0.1, 0.15) is 6.61 Å². The molecule has 0 aliphatic carbocycles. The molecule has 0 rings (SSSR count). The van der Waals surface area contributed by atoms with E-state index >= 15 is 0 Å². The van der Waals surface area contributed by atoms with Crippen molar-refractivity contribution in [2.75, 3.05) is 20.3 Å². The molecule has 0 amide bonds. The maximum absolute atomic E-state index is 5.06. The standard InChI is InChI=1S/C7H15O2/c1-3-4-5-9-7-6-8-2/h7H,3-6H2,1-2H3. The Morgan fingerprint density at radius 2 is 2.22 bits per heavy atom. The third kappa shape index (κ3) is 7.92. The van der Waals surface area contributed by atoms with Crippen molar-refractivity contribution in [2.45, 2.75) is 19.8 Å². The van der Waals surface area contributed by atoms with E-state index in [0.717, 1.165) is 13.0 Å². The monoisotopic (exact) mass is 131 g/mol. The largest absolute Gasteiger partial charge is 0.382 e. The van der Waals surface area contributed by atoms with Crippen molar-refractivity contribution in [1.29, 1.82) is 0 Å². The molecule has 0 aliphatic rings. The Morgan fingerprint density at radius 3 is 2.78 bits per heavy atom. The Balaban J connectivity index is 2.60. The number of rotatable bonds is 6. The lowest BCUT2D eigenvalue weighted by atomic mass is 10.4. The lowest BCUT2D eigenvalue weighted by molar-refractivity contribution is 0.120. The van der Waals surface area contributed by atoms with Crippen molar-refractivity contribution < 1.29 is 9.47 Å². The van der Waals surface area contributed by atoms with E-state index in [9.17, 15) is 0 Å². The van der Waals surface area contributed by atoms with Crippen molar-refractivity contribution >= 4 is 0 Å². The van der Waals surface area contributed by atoms with Gasteiger partial charge in [-0.3, -0.25) is 0 Å². The molecule has 0 unspecified atom stereocenters. The fraction of sp³-hybridized carbons (Fsp3) is 0.857. The van der Waals surface area contributed by atoms with Crippen LogP contribution in [0.15, 0.2) is 0 Å². The van der Waals surface area contributed by atoms with Gasteiger partial charge in [-0.2, -0.15) is 0 Å². The van der Waals surface area contributed by atoms with E-state index in [1.54, 1.807) is 13.7 Å². The molecule has 2 heteroatoms. The molecule has 0 N–H and O–H groups in total. The highest BCUT2D eigenvalue weighted by Gasteiger charge is 1.85. The summed E-state index contributed by atoms with van der Waals surface area (Å²) in [6.45, 7) is 5.24. The summed E-state index contributed by atoms with van der Waals surface area (Å²) < 4.78 is 9.81. The van der Waals surface area contributed by atoms with Gasteiger partial charge in [0, 0.05) is 13.7 Å². The molecule has 2 nitrogen and oxygen atoms in total. The molecule has 0 bridgehead atoms. The Labute approximate surface area is 57.2 Å². The first-order valence-corrected chi connectivity index (χ1v) is 3.34. The Hall–Kier alpha value is -0.0800. The maximum atomic E-state index is 5.06. The smallest absolute Gasteiger partial charge is 0.109 e. The second-order valence-electron chi connectivity index (χ2n) is 1.85. The molecule has 0 saturated heterocycles. The normalized spacial score (nSPS) is 10.0. The topological polar surface area (TPSA) is 18.5 Å². The van der Waals surface area contributed by atoms with Crippen LogP contribution in [0.5, 0.6) is 0 Å². The molecule has 0 fully saturated rings. The third-order valence-electron chi connectivity index (χ3n) is 0.968. The van der Waals surface area contributed by atoms with E-state index in [1.165, 1.54) is 6.42 Å². The summed E-state index contributed by atoms with van der Waals surface area (Å²) in [6, 6.07) is 0. The van der Waals surface area contributed by atoms with Crippen LogP contribution in [0.2, 0.25) is 0 Å². The Kier molecular flexibility index (Phi) is 7.85. The molecule has 0 aliphatic heterocycles. The number of methoxy groups -OCH3 is 1. The molecule has 0 aromatic heterocycles. The second kappa shape index (κ2) is 7.92. The second-order valence-corrected chi connectivity index (χ2v) is 1.85. The summed E-state index contributed by atoms with van der Waals surface area (Å²) in [5, 5.41) is 0. The van der Waals surface area contributed by atoms with E-state index in [4.69, 9.17) is 9.47 Å². The van der Waals surface area contributed by atoms with Gasteiger partial charge >= 0.3 is 0 Å². The van der Waals surface area contributed by atoms with Crippen LogP contribution in [-0.4, -0.2) is 20.3 Å². The van der Waals surface area contributed by atoms with E-state index in [1.807, 2.05) is 0 Å². The lowest BCUT2D eigenvalue weighted by Crippen LogP contribution is -1.96. The predicted octanol–water partition coefficient (Wildman–Crippen LogP) is 1.61. The van der Waals surface area contributed by atoms with Crippen LogP contribution in [0.4, 0.5) is 0 Å². The van der Waals surface area contributed by atoms with E-state index in [0.29, 0.717) is 6.61 Å². The van der Waals surface area contributed by atoms with Crippen molar-refractivity contribution in [3.05, 3.63) is 6.61 Å². The summed E-state index contributed by atoms with van der Waals surface area (Å²) in [4.78, 5) is 0. The summed E-state index contributed by atoms with van der Waals surface area (Å²) in [5.41, 5.74) is 0. The molecule has 0 heterocycles. The third-order valence-corrected chi connectivity index (χ3v) is 0.968. The van der Waals surface area contributed by atoms with Gasteiger partial charge < -0.3 is 9.47 Å². The Morgan fingerprint density at radius 1 is 1.44 bits per heavy atom. The number of unbranched alkanes of at least 4 members (excludes halogenated alkanes) is 1. The van der Waals surface area contributed by atoms with E-state index < -0.39 is 0 Å². The van der Waals surface area contributed by atoms with Gasteiger partial charge in [0.25, 0.3) is 0 Å². The zero-order valence-corrected chi connectivity index (χ0v) is 6.22. The van der Waals surface area contributed by atoms with Crippen LogP contribution in [0.1, 0.15) is 19.8 Å². The zero-order chi connectivity index (χ0) is 6.95. The van der Waals surface area contributed by atoms with Crippen LogP contribution in [0.3, 0.4) is 0 Å². The zero-order valence-electron chi connectivity index (χ0n) is 6.22. The molecule has 55 valence electrons. The van der Waals surface area contributed by atoms with Gasteiger partial charge in [-0.05, 0) is 6.42 Å². The van der Waals surface area contributed by atoms with Crippen LogP contribution < -0.4 is 0 Å². The predicted molar refractivity (Wildman–Crippen MR) is 37.0 cm³/mol. The van der Waals surface area contributed by atoms with Gasteiger partial charge in [-0.1, -0.05) is 13.3 Å². The fourth-order valence-electron chi connectivity index (χ4n) is 0.427. The fourth-order valence-corrected chi connectivity index (χ4v) is 0.427.